The zero-order valence-corrected chi connectivity index (χ0v) is 20.6. The Hall–Kier alpha value is -2.91. The summed E-state index contributed by atoms with van der Waals surface area (Å²) in [6, 6.07) is 22.9. The number of nitrogens with one attached hydrogen (secondary N) is 1. The maximum atomic E-state index is 12.0. The second-order valence-corrected chi connectivity index (χ2v) is 8.58. The van der Waals surface area contributed by atoms with Gasteiger partial charge in [-0.15, -0.1) is 0 Å². The first-order chi connectivity index (χ1) is 16.0. The van der Waals surface area contributed by atoms with E-state index >= 15 is 0 Å². The van der Waals surface area contributed by atoms with E-state index in [0.717, 1.165) is 28.2 Å². The van der Waals surface area contributed by atoms with Gasteiger partial charge in [-0.05, 0) is 101 Å². The van der Waals surface area contributed by atoms with Crippen molar-refractivity contribution in [3.63, 3.8) is 0 Å². The van der Waals surface area contributed by atoms with Crippen LogP contribution in [0.25, 0.3) is 0 Å². The van der Waals surface area contributed by atoms with Crippen LogP contribution in [0.4, 0.5) is 0 Å². The largest absolute Gasteiger partial charge is 0.494 e. The van der Waals surface area contributed by atoms with Crippen molar-refractivity contribution in [1.29, 1.82) is 0 Å². The monoisotopic (exact) mass is 558 g/mol. The highest BCUT2D eigenvalue weighted by atomic mass is 127. The zero-order chi connectivity index (χ0) is 23.5. The average Bonchev–Trinajstić information content (AvgIpc) is 2.84. The molecule has 0 radical (unpaired) electrons. The van der Waals surface area contributed by atoms with Crippen molar-refractivity contribution >= 4 is 34.7 Å². The Morgan fingerprint density at radius 3 is 2.30 bits per heavy atom. The first kappa shape index (κ1) is 24.7. The maximum Gasteiger partial charge on any atom is 0.240 e. The molecule has 3 rings (SSSR count). The second kappa shape index (κ2) is 13.0. The number of hydrogen-bond acceptors (Lipinski definition) is 5. The molecule has 172 valence electrons. The SMILES string of the molecule is CCOc1ccc([C@@H](O)CCC(=O)N/N=C\c2ccc(OCc3ccc(I)cc3)cc2)cc1. The molecule has 0 bridgehead atoms. The number of aliphatic hydroxyl groups is 1. The molecule has 6 nitrogen and oxygen atoms in total. The van der Waals surface area contributed by atoms with Gasteiger partial charge >= 0.3 is 0 Å². The standard InChI is InChI=1S/C26H27IN2O4/c1-2-32-23-13-7-21(8-14-23)25(30)15-16-26(31)29-28-17-19-5-11-24(12-6-19)33-18-20-3-9-22(27)10-4-20/h3-14,17,25,30H,2,15-16,18H2,1H3,(H,29,31)/b28-17-/t25-/m0/s1. The molecule has 0 fully saturated rings. The Kier molecular flexibility index (Phi) is 9.71. The summed E-state index contributed by atoms with van der Waals surface area (Å²) >= 11 is 2.27. The van der Waals surface area contributed by atoms with Crippen molar-refractivity contribution in [2.24, 2.45) is 5.10 Å². The second-order valence-electron chi connectivity index (χ2n) is 7.33. The topological polar surface area (TPSA) is 80.2 Å². The summed E-state index contributed by atoms with van der Waals surface area (Å²) in [7, 11) is 0. The van der Waals surface area contributed by atoms with E-state index in [0.29, 0.717) is 19.6 Å². The molecule has 0 aromatic heterocycles. The van der Waals surface area contributed by atoms with Gasteiger partial charge in [0.25, 0.3) is 0 Å². The highest BCUT2D eigenvalue weighted by molar-refractivity contribution is 14.1. The number of benzene rings is 3. The van der Waals surface area contributed by atoms with Crippen LogP contribution in [-0.4, -0.2) is 23.8 Å². The first-order valence-electron chi connectivity index (χ1n) is 10.7. The maximum absolute atomic E-state index is 12.0. The van der Waals surface area contributed by atoms with Crippen molar-refractivity contribution in [3.8, 4) is 11.5 Å². The fraction of sp³-hybridized carbons (Fsp3) is 0.231. The highest BCUT2D eigenvalue weighted by Gasteiger charge is 2.10. The van der Waals surface area contributed by atoms with Gasteiger partial charge in [0, 0.05) is 9.99 Å². The number of amides is 1. The Balaban J connectivity index is 1.39. The fourth-order valence-corrected chi connectivity index (χ4v) is 3.38. The van der Waals surface area contributed by atoms with Crippen molar-refractivity contribution < 1.29 is 19.4 Å². The predicted octanol–water partition coefficient (Wildman–Crippen LogP) is 5.23. The molecule has 3 aromatic carbocycles. The minimum absolute atomic E-state index is 0.164. The van der Waals surface area contributed by atoms with Crippen LogP contribution in [0.15, 0.2) is 77.9 Å². The van der Waals surface area contributed by atoms with E-state index in [-0.39, 0.29) is 12.3 Å². The molecule has 0 saturated carbocycles. The third-order valence-electron chi connectivity index (χ3n) is 4.82. The average molecular weight is 558 g/mol. The van der Waals surface area contributed by atoms with Crippen LogP contribution in [-0.2, 0) is 11.4 Å². The van der Waals surface area contributed by atoms with E-state index in [1.165, 1.54) is 3.57 Å². The van der Waals surface area contributed by atoms with Crippen LogP contribution in [0.1, 0.15) is 42.6 Å². The van der Waals surface area contributed by atoms with E-state index in [1.807, 2.05) is 67.6 Å². The number of aliphatic hydroxyl groups excluding tert-OH is 1. The van der Waals surface area contributed by atoms with Gasteiger partial charge in [-0.2, -0.15) is 5.10 Å². The molecule has 0 spiro atoms. The van der Waals surface area contributed by atoms with Gasteiger partial charge < -0.3 is 14.6 Å². The summed E-state index contributed by atoms with van der Waals surface area (Å²) in [5, 5.41) is 14.3. The molecule has 0 saturated heterocycles. The molecular formula is C26H27IN2O4. The third-order valence-corrected chi connectivity index (χ3v) is 5.54. The molecule has 2 N–H and O–H groups in total. The van der Waals surface area contributed by atoms with Crippen molar-refractivity contribution in [2.45, 2.75) is 32.5 Å². The number of carbonyl (C=O) groups is 1. The molecule has 0 heterocycles. The minimum atomic E-state index is -0.720. The minimum Gasteiger partial charge on any atom is -0.494 e. The highest BCUT2D eigenvalue weighted by Crippen LogP contribution is 2.21. The van der Waals surface area contributed by atoms with Gasteiger partial charge in [0.2, 0.25) is 5.91 Å². The summed E-state index contributed by atoms with van der Waals surface area (Å²) < 4.78 is 12.4. The lowest BCUT2D eigenvalue weighted by Crippen LogP contribution is -2.18. The van der Waals surface area contributed by atoms with E-state index in [9.17, 15) is 9.90 Å². The molecule has 0 aliphatic heterocycles. The number of ether oxygens (including phenoxy) is 2. The quantitative estimate of drug-likeness (QED) is 0.192. The van der Waals surface area contributed by atoms with Crippen molar-refractivity contribution in [2.75, 3.05) is 6.61 Å². The van der Waals surface area contributed by atoms with Crippen LogP contribution in [0.5, 0.6) is 11.5 Å². The lowest BCUT2D eigenvalue weighted by Gasteiger charge is -2.11. The molecule has 33 heavy (non-hydrogen) atoms. The molecule has 7 heteroatoms. The van der Waals surface area contributed by atoms with Gasteiger partial charge in [-0.25, -0.2) is 5.43 Å². The predicted molar refractivity (Wildman–Crippen MR) is 137 cm³/mol. The smallest absolute Gasteiger partial charge is 0.240 e. The number of nitrogens with zero attached hydrogens (tertiary/aromatic N) is 1. The summed E-state index contributed by atoms with van der Waals surface area (Å²) in [5.74, 6) is 1.26. The molecule has 0 aliphatic rings. The van der Waals surface area contributed by atoms with Crippen LogP contribution in [0, 0.1) is 3.57 Å². The Bertz CT molecular complexity index is 1040. The number of hydrogen-bond donors (Lipinski definition) is 2. The van der Waals surface area contributed by atoms with Gasteiger partial charge in [-0.3, -0.25) is 4.79 Å². The number of hydrazone groups is 1. The summed E-state index contributed by atoms with van der Waals surface area (Å²) in [5.41, 5.74) is 5.19. The Morgan fingerprint density at radius 1 is 1.00 bits per heavy atom. The molecule has 3 aromatic rings. The van der Waals surface area contributed by atoms with E-state index in [2.05, 4.69) is 33.1 Å². The van der Waals surface area contributed by atoms with E-state index < -0.39 is 6.10 Å². The van der Waals surface area contributed by atoms with Crippen LogP contribution in [0.2, 0.25) is 0 Å². The fourth-order valence-electron chi connectivity index (χ4n) is 3.02. The Labute approximate surface area is 207 Å². The number of rotatable bonds is 11. The molecule has 0 unspecified atom stereocenters. The summed E-state index contributed by atoms with van der Waals surface area (Å²) in [6.45, 7) is 3.01. The third kappa shape index (κ3) is 8.51. The van der Waals surface area contributed by atoms with Gasteiger partial charge in [0.05, 0.1) is 18.9 Å². The van der Waals surface area contributed by atoms with E-state index in [4.69, 9.17) is 9.47 Å². The lowest BCUT2D eigenvalue weighted by atomic mass is 10.0. The van der Waals surface area contributed by atoms with Gasteiger partial charge in [0.15, 0.2) is 0 Å². The van der Waals surface area contributed by atoms with Gasteiger partial charge in [-0.1, -0.05) is 24.3 Å². The normalized spacial score (nSPS) is 11.8. The molecule has 0 aliphatic carbocycles. The van der Waals surface area contributed by atoms with E-state index in [1.54, 1.807) is 18.3 Å². The number of carbonyl (C=O) groups excluding carboxylic acids is 1. The van der Waals surface area contributed by atoms with Crippen LogP contribution >= 0.6 is 22.6 Å². The summed E-state index contributed by atoms with van der Waals surface area (Å²) in [6.07, 6.45) is 1.32. The molecule has 1 atom stereocenters. The zero-order valence-electron chi connectivity index (χ0n) is 18.4. The van der Waals surface area contributed by atoms with Gasteiger partial charge in [0.1, 0.15) is 18.1 Å². The molecular weight excluding hydrogens is 531 g/mol. The van der Waals surface area contributed by atoms with Crippen LogP contribution < -0.4 is 14.9 Å². The van der Waals surface area contributed by atoms with Crippen molar-refractivity contribution in [3.05, 3.63) is 93.1 Å². The first-order valence-corrected chi connectivity index (χ1v) is 11.8. The number of halogens is 1. The Morgan fingerprint density at radius 2 is 1.64 bits per heavy atom. The molecule has 1 amide bonds. The van der Waals surface area contributed by atoms with Crippen LogP contribution in [0.3, 0.4) is 0 Å². The summed E-state index contributed by atoms with van der Waals surface area (Å²) in [4.78, 5) is 12.0. The van der Waals surface area contributed by atoms with Crippen molar-refractivity contribution in [1.82, 2.24) is 5.43 Å². The lowest BCUT2D eigenvalue weighted by molar-refractivity contribution is -0.121.